The molecule has 2 aromatic heterocycles. The highest BCUT2D eigenvalue weighted by Gasteiger charge is 2.63. The number of benzene rings is 2. The summed E-state index contributed by atoms with van der Waals surface area (Å²) < 4.78 is 23.0. The SMILES string of the molecule is CCOC(=O)C1=C(N)C(C#N)(C(=O)OCC)C(C)(c2cc3ccccc3o2)C=C1c1cc2ccccc2o1. The molecule has 0 saturated carbocycles. The highest BCUT2D eigenvalue weighted by molar-refractivity contribution is 6.10. The first-order valence-electron chi connectivity index (χ1n) is 12.3. The first-order valence-corrected chi connectivity index (χ1v) is 12.3. The van der Waals surface area contributed by atoms with Crippen molar-refractivity contribution in [1.82, 2.24) is 0 Å². The van der Waals surface area contributed by atoms with Gasteiger partial charge in [-0.2, -0.15) is 5.26 Å². The van der Waals surface area contributed by atoms with Crippen LogP contribution in [0, 0.1) is 16.7 Å². The zero-order valence-electron chi connectivity index (χ0n) is 21.2. The van der Waals surface area contributed by atoms with E-state index >= 15 is 0 Å². The number of ether oxygens (including phenoxy) is 2. The maximum atomic E-state index is 13.7. The zero-order valence-corrected chi connectivity index (χ0v) is 21.2. The molecule has 4 aromatic rings. The van der Waals surface area contributed by atoms with Crippen LogP contribution in [-0.4, -0.2) is 25.2 Å². The number of para-hydroxylation sites is 2. The van der Waals surface area contributed by atoms with Crippen molar-refractivity contribution >= 4 is 39.5 Å². The monoisotopic (exact) mass is 510 g/mol. The lowest BCUT2D eigenvalue weighted by atomic mass is 9.57. The van der Waals surface area contributed by atoms with E-state index in [9.17, 15) is 14.9 Å². The molecule has 0 bridgehead atoms. The van der Waals surface area contributed by atoms with Gasteiger partial charge in [0.05, 0.1) is 36.0 Å². The van der Waals surface area contributed by atoms with E-state index in [0.29, 0.717) is 22.7 Å². The Kier molecular flexibility index (Phi) is 6.08. The largest absolute Gasteiger partial charge is 0.464 e. The molecule has 2 heterocycles. The maximum Gasteiger partial charge on any atom is 0.340 e. The Morgan fingerprint density at radius 2 is 1.55 bits per heavy atom. The number of allylic oxidation sites excluding steroid dienone is 1. The van der Waals surface area contributed by atoms with Crippen LogP contribution >= 0.6 is 0 Å². The van der Waals surface area contributed by atoms with Crippen molar-refractivity contribution in [3.05, 3.63) is 89.5 Å². The van der Waals surface area contributed by atoms with Crippen LogP contribution in [0.1, 0.15) is 32.3 Å². The number of nitrogens with zero attached hydrogens (tertiary/aromatic N) is 1. The summed E-state index contributed by atoms with van der Waals surface area (Å²) in [5, 5.41) is 12.2. The Morgan fingerprint density at radius 3 is 2.13 bits per heavy atom. The third-order valence-corrected chi connectivity index (χ3v) is 7.01. The van der Waals surface area contributed by atoms with Crippen LogP contribution in [0.25, 0.3) is 27.5 Å². The Labute approximate surface area is 218 Å². The molecule has 2 N–H and O–H groups in total. The average Bonchev–Trinajstić information content (AvgIpc) is 3.54. The van der Waals surface area contributed by atoms with Crippen LogP contribution in [-0.2, 0) is 24.5 Å². The second kappa shape index (κ2) is 9.27. The molecule has 8 nitrogen and oxygen atoms in total. The number of carbonyl (C=O) groups is 2. The van der Waals surface area contributed by atoms with Crippen LogP contribution < -0.4 is 5.73 Å². The van der Waals surface area contributed by atoms with Crippen LogP contribution in [0.2, 0.25) is 0 Å². The zero-order chi connectivity index (χ0) is 27.1. The number of carbonyl (C=O) groups excluding carboxylic acids is 2. The molecule has 1 aliphatic carbocycles. The van der Waals surface area contributed by atoms with Gasteiger partial charge in [0.15, 0.2) is 0 Å². The molecule has 0 spiro atoms. The molecule has 0 amide bonds. The molecule has 38 heavy (non-hydrogen) atoms. The smallest absolute Gasteiger partial charge is 0.340 e. The summed E-state index contributed by atoms with van der Waals surface area (Å²) in [6, 6.07) is 20.4. The standard InChI is InChI=1S/C30H26N2O6/c1-4-35-27(33)25-20(23-14-18-10-6-8-12-21(18)37-23)16-29(3,24-15-19-11-7-9-13-22(19)38-24)30(17-31,26(25)32)28(34)36-5-2/h6-16H,4-5,32H2,1-3H3. The first kappa shape index (κ1) is 24.9. The van der Waals surface area contributed by atoms with Crippen molar-refractivity contribution in [2.45, 2.75) is 26.2 Å². The van der Waals surface area contributed by atoms with Gasteiger partial charge in [-0.15, -0.1) is 0 Å². The van der Waals surface area contributed by atoms with E-state index in [2.05, 4.69) is 6.07 Å². The number of esters is 2. The predicted octanol–water partition coefficient (Wildman–Crippen LogP) is 5.38. The van der Waals surface area contributed by atoms with E-state index in [1.54, 1.807) is 51.1 Å². The van der Waals surface area contributed by atoms with Gasteiger partial charge in [-0.1, -0.05) is 42.5 Å². The number of nitriles is 1. The van der Waals surface area contributed by atoms with Crippen LogP contribution in [0.3, 0.4) is 0 Å². The summed E-state index contributed by atoms with van der Waals surface area (Å²) in [4.78, 5) is 27.0. The summed E-state index contributed by atoms with van der Waals surface area (Å²) in [6.45, 7) is 5.02. The van der Waals surface area contributed by atoms with Gasteiger partial charge in [-0.05, 0) is 45.0 Å². The fourth-order valence-corrected chi connectivity index (χ4v) is 5.09. The summed E-state index contributed by atoms with van der Waals surface area (Å²) >= 11 is 0. The maximum absolute atomic E-state index is 13.7. The van der Waals surface area contributed by atoms with E-state index in [4.69, 9.17) is 24.0 Å². The summed E-state index contributed by atoms with van der Waals surface area (Å²) in [6.07, 6.45) is 1.63. The fraction of sp³-hybridized carbons (Fsp3) is 0.233. The molecule has 0 aliphatic heterocycles. The van der Waals surface area contributed by atoms with Crippen LogP contribution in [0.4, 0.5) is 0 Å². The fourth-order valence-electron chi connectivity index (χ4n) is 5.09. The van der Waals surface area contributed by atoms with Gasteiger partial charge in [-0.3, -0.25) is 0 Å². The summed E-state index contributed by atoms with van der Waals surface area (Å²) in [5.74, 6) is -1.06. The number of nitrogens with two attached hydrogens (primary N) is 1. The molecule has 2 aromatic carbocycles. The third-order valence-electron chi connectivity index (χ3n) is 7.01. The van der Waals surface area contributed by atoms with Gasteiger partial charge in [0.1, 0.15) is 22.7 Å². The number of furan rings is 2. The second-order valence-corrected chi connectivity index (χ2v) is 9.15. The molecule has 0 fully saturated rings. The molecular formula is C30H26N2O6. The first-order chi connectivity index (χ1) is 18.3. The quantitative estimate of drug-likeness (QED) is 0.342. The minimum absolute atomic E-state index is 0.000633. The Bertz CT molecular complexity index is 1620. The topological polar surface area (TPSA) is 129 Å². The van der Waals surface area contributed by atoms with E-state index in [-0.39, 0.29) is 30.1 Å². The van der Waals surface area contributed by atoms with Gasteiger partial charge in [0.25, 0.3) is 0 Å². The Balaban J connectivity index is 1.87. The average molecular weight is 511 g/mol. The van der Waals surface area contributed by atoms with E-state index in [1.807, 2.05) is 36.4 Å². The van der Waals surface area contributed by atoms with E-state index < -0.39 is 22.8 Å². The normalized spacial score (nSPS) is 21.3. The van der Waals surface area contributed by atoms with Crippen LogP contribution in [0.5, 0.6) is 0 Å². The second-order valence-electron chi connectivity index (χ2n) is 9.15. The van der Waals surface area contributed by atoms with E-state index in [1.165, 1.54) is 0 Å². The molecule has 0 saturated heterocycles. The van der Waals surface area contributed by atoms with Gasteiger partial charge in [-0.25, -0.2) is 9.59 Å². The molecule has 192 valence electrons. The minimum Gasteiger partial charge on any atom is -0.464 e. The van der Waals surface area contributed by atoms with Crippen molar-refractivity contribution in [2.75, 3.05) is 13.2 Å². The lowest BCUT2D eigenvalue weighted by Gasteiger charge is -2.42. The van der Waals surface area contributed by atoms with E-state index in [0.717, 1.165) is 10.8 Å². The van der Waals surface area contributed by atoms with Crippen molar-refractivity contribution in [3.8, 4) is 6.07 Å². The van der Waals surface area contributed by atoms with Crippen molar-refractivity contribution in [3.63, 3.8) is 0 Å². The van der Waals surface area contributed by atoms with Crippen LogP contribution in [0.15, 0.2) is 86.8 Å². The Morgan fingerprint density at radius 1 is 0.947 bits per heavy atom. The Hall–Kier alpha value is -4.77. The highest BCUT2D eigenvalue weighted by Crippen LogP contribution is 2.55. The molecule has 2 unspecified atom stereocenters. The molecule has 2 atom stereocenters. The molecular weight excluding hydrogens is 484 g/mol. The van der Waals surface area contributed by atoms with Gasteiger partial charge in [0.2, 0.25) is 5.41 Å². The third kappa shape index (κ3) is 3.51. The molecule has 5 rings (SSSR count). The van der Waals surface area contributed by atoms with Gasteiger partial charge >= 0.3 is 11.9 Å². The number of fused-ring (bicyclic) bond motifs is 2. The number of rotatable bonds is 6. The predicted molar refractivity (Wildman–Crippen MR) is 140 cm³/mol. The summed E-state index contributed by atoms with van der Waals surface area (Å²) in [7, 11) is 0. The number of hydrogen-bond donors (Lipinski definition) is 1. The molecule has 1 aliphatic rings. The van der Waals surface area contributed by atoms with Gasteiger partial charge < -0.3 is 24.0 Å². The number of hydrogen-bond acceptors (Lipinski definition) is 8. The highest BCUT2D eigenvalue weighted by atomic mass is 16.5. The van der Waals surface area contributed by atoms with Crippen molar-refractivity contribution in [1.29, 1.82) is 5.26 Å². The van der Waals surface area contributed by atoms with Crippen molar-refractivity contribution < 1.29 is 27.9 Å². The lowest BCUT2D eigenvalue weighted by Crippen LogP contribution is -2.54. The minimum atomic E-state index is -2.14. The van der Waals surface area contributed by atoms with Gasteiger partial charge in [0, 0.05) is 16.3 Å². The molecule has 8 heteroatoms. The summed E-state index contributed by atoms with van der Waals surface area (Å²) in [5.41, 5.74) is 4.07. The van der Waals surface area contributed by atoms with Crippen molar-refractivity contribution in [2.24, 2.45) is 11.1 Å². The lowest BCUT2D eigenvalue weighted by molar-refractivity contribution is -0.152. The molecule has 0 radical (unpaired) electrons.